The molecule has 5 nitrogen and oxygen atoms in total. The summed E-state index contributed by atoms with van der Waals surface area (Å²) >= 11 is 0. The maximum absolute atomic E-state index is 12.3. The van der Waals surface area contributed by atoms with E-state index >= 15 is 0 Å². The third kappa shape index (κ3) is 4.76. The largest absolute Gasteiger partial charge is 0.352 e. The lowest BCUT2D eigenvalue weighted by Gasteiger charge is -2.33. The quantitative estimate of drug-likeness (QED) is 0.895. The molecule has 0 spiro atoms. The number of carbonyl (C=O) groups excluding carboxylic acids is 2. The van der Waals surface area contributed by atoms with E-state index in [9.17, 15) is 9.59 Å². The Kier molecular flexibility index (Phi) is 5.81. The molecule has 0 aromatic heterocycles. The van der Waals surface area contributed by atoms with Gasteiger partial charge in [-0.3, -0.25) is 4.79 Å². The first-order chi connectivity index (χ1) is 10.6. The maximum Gasteiger partial charge on any atom is 0.317 e. The normalized spacial score (nSPS) is 19.4. The number of amides is 3. The lowest BCUT2D eigenvalue weighted by Crippen LogP contribution is -2.52. The van der Waals surface area contributed by atoms with Crippen molar-refractivity contribution in [1.82, 2.24) is 15.5 Å². The first-order valence-electron chi connectivity index (χ1n) is 7.91. The molecule has 1 aromatic carbocycles. The van der Waals surface area contributed by atoms with Gasteiger partial charge in [0.05, 0.1) is 0 Å². The van der Waals surface area contributed by atoms with Crippen molar-refractivity contribution in [3.8, 4) is 0 Å². The van der Waals surface area contributed by atoms with Crippen LogP contribution in [0.25, 0.3) is 0 Å². The molecule has 1 aromatic rings. The van der Waals surface area contributed by atoms with Gasteiger partial charge in [-0.15, -0.1) is 0 Å². The molecule has 2 rings (SSSR count). The van der Waals surface area contributed by atoms with E-state index in [1.54, 1.807) is 4.90 Å². The predicted octanol–water partition coefficient (Wildman–Crippen LogP) is 2.10. The zero-order valence-electron chi connectivity index (χ0n) is 13.3. The van der Waals surface area contributed by atoms with Gasteiger partial charge >= 0.3 is 6.03 Å². The fraction of sp³-hybridized carbons (Fsp3) is 0.529. The fourth-order valence-electron chi connectivity index (χ4n) is 2.82. The summed E-state index contributed by atoms with van der Waals surface area (Å²) in [6.45, 7) is 5.57. The van der Waals surface area contributed by atoms with Gasteiger partial charge in [-0.1, -0.05) is 37.3 Å². The van der Waals surface area contributed by atoms with Crippen LogP contribution >= 0.6 is 0 Å². The Hall–Kier alpha value is -2.04. The molecule has 2 atom stereocenters. The number of urea groups is 1. The zero-order chi connectivity index (χ0) is 15.9. The minimum Gasteiger partial charge on any atom is -0.352 e. The Morgan fingerprint density at radius 3 is 2.73 bits per heavy atom. The van der Waals surface area contributed by atoms with Crippen LogP contribution in [0.3, 0.4) is 0 Å². The van der Waals surface area contributed by atoms with Gasteiger partial charge < -0.3 is 15.5 Å². The average Bonchev–Trinajstić information content (AvgIpc) is 2.52. The van der Waals surface area contributed by atoms with Gasteiger partial charge in [0.1, 0.15) is 0 Å². The number of nitrogens with zero attached hydrogens (tertiary/aromatic N) is 1. The number of likely N-dealkylation sites (tertiary alicyclic amines) is 1. The van der Waals surface area contributed by atoms with E-state index in [0.717, 1.165) is 19.4 Å². The lowest BCUT2D eigenvalue weighted by molar-refractivity contribution is -0.119. The van der Waals surface area contributed by atoms with E-state index in [1.165, 1.54) is 12.5 Å². The molecule has 0 aliphatic carbocycles. The first-order valence-corrected chi connectivity index (χ1v) is 7.91. The van der Waals surface area contributed by atoms with E-state index in [4.69, 9.17) is 0 Å². The van der Waals surface area contributed by atoms with Crippen LogP contribution < -0.4 is 10.6 Å². The number of nitrogens with one attached hydrogen (secondary N) is 2. The van der Waals surface area contributed by atoms with Crippen LogP contribution in [0.15, 0.2) is 30.3 Å². The van der Waals surface area contributed by atoms with Crippen LogP contribution in [0, 0.1) is 0 Å². The van der Waals surface area contributed by atoms with Crippen molar-refractivity contribution in [2.24, 2.45) is 0 Å². The van der Waals surface area contributed by atoms with Gasteiger partial charge in [0, 0.05) is 32.6 Å². The predicted molar refractivity (Wildman–Crippen MR) is 86.7 cm³/mol. The molecule has 2 unspecified atom stereocenters. The smallest absolute Gasteiger partial charge is 0.317 e. The minimum atomic E-state index is -0.0437. The van der Waals surface area contributed by atoms with Crippen molar-refractivity contribution in [3.63, 3.8) is 0 Å². The SMILES string of the molecule is CC(=O)NC1CCCN(C(=O)NCC(C)c2ccccc2)C1. The van der Waals surface area contributed by atoms with Crippen molar-refractivity contribution >= 4 is 11.9 Å². The van der Waals surface area contributed by atoms with E-state index in [1.807, 2.05) is 18.2 Å². The van der Waals surface area contributed by atoms with Gasteiger partial charge in [0.25, 0.3) is 0 Å². The zero-order valence-corrected chi connectivity index (χ0v) is 13.3. The maximum atomic E-state index is 12.3. The standard InChI is InChI=1S/C17H25N3O2/c1-13(15-7-4-3-5-8-15)11-18-17(22)20-10-6-9-16(12-20)19-14(2)21/h3-5,7-8,13,16H,6,9-12H2,1-2H3,(H,18,22)(H,19,21). The molecular formula is C17H25N3O2. The van der Waals surface area contributed by atoms with Crippen LogP contribution in [0.5, 0.6) is 0 Å². The Labute approximate surface area is 132 Å². The third-order valence-electron chi connectivity index (χ3n) is 4.04. The molecule has 1 saturated heterocycles. The summed E-state index contributed by atoms with van der Waals surface area (Å²) in [7, 11) is 0. The van der Waals surface area contributed by atoms with Crippen molar-refractivity contribution < 1.29 is 9.59 Å². The molecule has 22 heavy (non-hydrogen) atoms. The molecule has 0 bridgehead atoms. The second kappa shape index (κ2) is 7.82. The number of piperidine rings is 1. The number of carbonyl (C=O) groups is 2. The van der Waals surface area contributed by atoms with E-state index in [-0.39, 0.29) is 23.9 Å². The lowest BCUT2D eigenvalue weighted by atomic mass is 10.0. The molecule has 1 heterocycles. The summed E-state index contributed by atoms with van der Waals surface area (Å²) in [5.74, 6) is 0.242. The molecule has 0 radical (unpaired) electrons. The van der Waals surface area contributed by atoms with Gasteiger partial charge in [-0.2, -0.15) is 0 Å². The van der Waals surface area contributed by atoms with Crippen molar-refractivity contribution in [2.45, 2.75) is 38.6 Å². The number of rotatable bonds is 4. The summed E-state index contributed by atoms with van der Waals surface area (Å²) in [5, 5.41) is 5.90. The molecular weight excluding hydrogens is 278 g/mol. The highest BCUT2D eigenvalue weighted by atomic mass is 16.2. The topological polar surface area (TPSA) is 61.4 Å². The number of hydrogen-bond acceptors (Lipinski definition) is 2. The average molecular weight is 303 g/mol. The van der Waals surface area contributed by atoms with Crippen LogP contribution in [0.4, 0.5) is 4.79 Å². The highest BCUT2D eigenvalue weighted by Gasteiger charge is 2.24. The molecule has 120 valence electrons. The van der Waals surface area contributed by atoms with E-state index < -0.39 is 0 Å². The van der Waals surface area contributed by atoms with Gasteiger partial charge in [-0.05, 0) is 24.3 Å². The Morgan fingerprint density at radius 2 is 2.05 bits per heavy atom. The molecule has 1 aliphatic heterocycles. The Morgan fingerprint density at radius 1 is 1.32 bits per heavy atom. The summed E-state index contributed by atoms with van der Waals surface area (Å²) in [5.41, 5.74) is 1.22. The third-order valence-corrected chi connectivity index (χ3v) is 4.04. The highest BCUT2D eigenvalue weighted by molar-refractivity contribution is 5.75. The summed E-state index contributed by atoms with van der Waals surface area (Å²) in [4.78, 5) is 25.2. The monoisotopic (exact) mass is 303 g/mol. The van der Waals surface area contributed by atoms with Crippen molar-refractivity contribution in [2.75, 3.05) is 19.6 Å². The molecule has 2 N–H and O–H groups in total. The minimum absolute atomic E-state index is 0.0371. The van der Waals surface area contributed by atoms with Crippen LogP contribution in [0.1, 0.15) is 38.2 Å². The molecule has 0 saturated carbocycles. The van der Waals surface area contributed by atoms with Gasteiger partial charge in [-0.25, -0.2) is 4.79 Å². The first kappa shape index (κ1) is 16.3. The fourth-order valence-corrected chi connectivity index (χ4v) is 2.82. The molecule has 1 aliphatic rings. The van der Waals surface area contributed by atoms with Crippen molar-refractivity contribution in [1.29, 1.82) is 0 Å². The second-order valence-electron chi connectivity index (χ2n) is 5.98. The van der Waals surface area contributed by atoms with E-state index in [0.29, 0.717) is 13.1 Å². The molecule has 1 fully saturated rings. The van der Waals surface area contributed by atoms with Crippen LogP contribution in [0.2, 0.25) is 0 Å². The van der Waals surface area contributed by atoms with Gasteiger partial charge in [0.15, 0.2) is 0 Å². The highest BCUT2D eigenvalue weighted by Crippen LogP contribution is 2.14. The van der Waals surface area contributed by atoms with Crippen LogP contribution in [-0.2, 0) is 4.79 Å². The summed E-state index contributed by atoms with van der Waals surface area (Å²) < 4.78 is 0. The van der Waals surface area contributed by atoms with Crippen LogP contribution in [-0.4, -0.2) is 42.5 Å². The second-order valence-corrected chi connectivity index (χ2v) is 5.98. The Bertz CT molecular complexity index is 504. The summed E-state index contributed by atoms with van der Waals surface area (Å²) in [6.07, 6.45) is 1.86. The summed E-state index contributed by atoms with van der Waals surface area (Å²) in [6, 6.07) is 10.2. The number of hydrogen-bond donors (Lipinski definition) is 2. The van der Waals surface area contributed by atoms with E-state index in [2.05, 4.69) is 29.7 Å². The van der Waals surface area contributed by atoms with Gasteiger partial charge in [0.2, 0.25) is 5.91 Å². The molecule has 5 heteroatoms. The number of benzene rings is 1. The van der Waals surface area contributed by atoms with Crippen molar-refractivity contribution in [3.05, 3.63) is 35.9 Å². The Balaban J connectivity index is 1.80. The molecule has 3 amide bonds.